The van der Waals surface area contributed by atoms with Crippen LogP contribution in [0.2, 0.25) is 0 Å². The summed E-state index contributed by atoms with van der Waals surface area (Å²) in [7, 11) is 4.81. The zero-order valence-electron chi connectivity index (χ0n) is 21.0. The fourth-order valence-electron chi connectivity index (χ4n) is 4.34. The lowest BCUT2D eigenvalue weighted by atomic mass is 9.95. The Bertz CT molecular complexity index is 1460. The average molecular weight is 498 g/mol. The van der Waals surface area contributed by atoms with Gasteiger partial charge in [0, 0.05) is 11.3 Å². The number of rotatable bonds is 7. The molecule has 9 heteroatoms. The number of nitrogens with zero attached hydrogens (tertiary/aromatic N) is 3. The Morgan fingerprint density at radius 1 is 0.892 bits per heavy atom. The van der Waals surface area contributed by atoms with Gasteiger partial charge in [0.25, 0.3) is 5.91 Å². The maximum absolute atomic E-state index is 13.7. The number of methoxy groups -OCH3 is 3. The van der Waals surface area contributed by atoms with Gasteiger partial charge in [-0.1, -0.05) is 24.3 Å². The third-order valence-corrected chi connectivity index (χ3v) is 6.23. The van der Waals surface area contributed by atoms with Crippen LogP contribution >= 0.6 is 0 Å². The molecule has 1 amide bonds. The van der Waals surface area contributed by atoms with Gasteiger partial charge in [0.2, 0.25) is 5.95 Å². The predicted octanol–water partition coefficient (Wildman–Crippen LogP) is 4.90. The molecule has 0 spiro atoms. The molecule has 0 saturated heterocycles. The molecule has 1 aromatic heterocycles. The van der Waals surface area contributed by atoms with Gasteiger partial charge in [-0.2, -0.15) is 4.98 Å². The molecule has 0 aliphatic carbocycles. The highest BCUT2D eigenvalue weighted by Gasteiger charge is 2.34. The Morgan fingerprint density at radius 3 is 2.19 bits per heavy atom. The Morgan fingerprint density at radius 2 is 1.54 bits per heavy atom. The number of para-hydroxylation sites is 2. The molecule has 4 aromatic rings. The summed E-state index contributed by atoms with van der Waals surface area (Å²) in [5.74, 6) is 2.83. The van der Waals surface area contributed by atoms with E-state index >= 15 is 0 Å². The molecule has 1 aliphatic heterocycles. The van der Waals surface area contributed by atoms with Crippen LogP contribution in [0.4, 0.5) is 11.6 Å². The third-order valence-electron chi connectivity index (χ3n) is 6.23. The van der Waals surface area contributed by atoms with Gasteiger partial charge in [-0.15, -0.1) is 5.10 Å². The number of hydrogen-bond donors (Lipinski definition) is 2. The average Bonchev–Trinajstić information content (AvgIpc) is 3.36. The van der Waals surface area contributed by atoms with Crippen molar-refractivity contribution < 1.29 is 19.0 Å². The second-order valence-corrected chi connectivity index (χ2v) is 8.43. The van der Waals surface area contributed by atoms with Gasteiger partial charge in [-0.3, -0.25) is 4.79 Å². The van der Waals surface area contributed by atoms with E-state index in [0.29, 0.717) is 34.5 Å². The van der Waals surface area contributed by atoms with E-state index in [0.717, 1.165) is 22.6 Å². The molecule has 5 rings (SSSR count). The van der Waals surface area contributed by atoms with Crippen molar-refractivity contribution in [3.8, 4) is 28.6 Å². The van der Waals surface area contributed by atoms with Crippen molar-refractivity contribution >= 4 is 17.5 Å². The molecule has 37 heavy (non-hydrogen) atoms. The highest BCUT2D eigenvalue weighted by Crippen LogP contribution is 2.38. The Kier molecular flexibility index (Phi) is 6.51. The van der Waals surface area contributed by atoms with Gasteiger partial charge in [0.05, 0.1) is 32.6 Å². The fourth-order valence-corrected chi connectivity index (χ4v) is 4.34. The molecule has 1 aliphatic rings. The van der Waals surface area contributed by atoms with Crippen LogP contribution in [0.25, 0.3) is 11.4 Å². The smallest absolute Gasteiger partial charge is 0.255 e. The normalized spacial score (nSPS) is 14.4. The molecule has 188 valence electrons. The number of aromatic nitrogens is 3. The van der Waals surface area contributed by atoms with E-state index < -0.39 is 6.04 Å². The lowest BCUT2D eigenvalue weighted by Crippen LogP contribution is -2.31. The van der Waals surface area contributed by atoms with Gasteiger partial charge in [0.1, 0.15) is 23.3 Å². The Labute approximate surface area is 214 Å². The summed E-state index contributed by atoms with van der Waals surface area (Å²) in [6.07, 6.45) is 0. The van der Waals surface area contributed by atoms with E-state index in [1.165, 1.54) is 0 Å². The van der Waals surface area contributed by atoms with Crippen molar-refractivity contribution in [2.45, 2.75) is 13.0 Å². The quantitative estimate of drug-likeness (QED) is 0.375. The van der Waals surface area contributed by atoms with Crippen LogP contribution in [-0.2, 0) is 4.79 Å². The number of carbonyl (C=O) groups is 1. The molecule has 2 N–H and O–H groups in total. The standard InChI is InChI=1S/C28H27N5O4/c1-17-24(27(34)30-22-7-5-6-8-23(22)37-4)25(18-9-13-20(35-2)14-10-18)33-28(29-17)31-26(32-33)19-11-15-21(36-3)16-12-19/h5-16,25H,1-4H3,(H,30,34)(H,29,31,32). The second-order valence-electron chi connectivity index (χ2n) is 8.43. The highest BCUT2D eigenvalue weighted by atomic mass is 16.5. The maximum Gasteiger partial charge on any atom is 0.255 e. The predicted molar refractivity (Wildman–Crippen MR) is 141 cm³/mol. The highest BCUT2D eigenvalue weighted by molar-refractivity contribution is 6.06. The van der Waals surface area contributed by atoms with Crippen LogP contribution in [0.5, 0.6) is 17.2 Å². The van der Waals surface area contributed by atoms with Crippen molar-refractivity contribution in [3.63, 3.8) is 0 Å². The molecule has 9 nitrogen and oxygen atoms in total. The minimum Gasteiger partial charge on any atom is -0.497 e. The minimum atomic E-state index is -0.531. The Hall–Kier alpha value is -4.79. The molecule has 1 unspecified atom stereocenters. The lowest BCUT2D eigenvalue weighted by Gasteiger charge is -2.29. The molecule has 3 aromatic carbocycles. The van der Waals surface area contributed by atoms with E-state index in [2.05, 4.69) is 10.6 Å². The topological polar surface area (TPSA) is 99.5 Å². The second kappa shape index (κ2) is 10.1. The lowest BCUT2D eigenvalue weighted by molar-refractivity contribution is -0.113. The summed E-state index contributed by atoms with van der Waals surface area (Å²) in [5.41, 5.74) is 3.45. The maximum atomic E-state index is 13.7. The number of benzene rings is 3. The number of ether oxygens (including phenoxy) is 3. The van der Waals surface area contributed by atoms with Crippen LogP contribution in [0.3, 0.4) is 0 Å². The van der Waals surface area contributed by atoms with Crippen molar-refractivity contribution in [3.05, 3.63) is 89.6 Å². The van der Waals surface area contributed by atoms with E-state index in [-0.39, 0.29) is 5.91 Å². The Balaban J connectivity index is 1.58. The molecule has 0 bridgehead atoms. The number of fused-ring (bicyclic) bond motifs is 1. The first-order chi connectivity index (χ1) is 18.0. The molecule has 0 radical (unpaired) electrons. The van der Waals surface area contributed by atoms with E-state index in [1.807, 2.05) is 67.6 Å². The van der Waals surface area contributed by atoms with Crippen molar-refractivity contribution in [2.75, 3.05) is 32.0 Å². The summed E-state index contributed by atoms with van der Waals surface area (Å²) >= 11 is 0. The minimum absolute atomic E-state index is 0.275. The monoisotopic (exact) mass is 497 g/mol. The fraction of sp³-hybridized carbons (Fsp3) is 0.179. The molecule has 2 heterocycles. The number of hydrogen-bond acceptors (Lipinski definition) is 7. The van der Waals surface area contributed by atoms with Gasteiger partial charge < -0.3 is 24.8 Å². The summed E-state index contributed by atoms with van der Waals surface area (Å²) in [6, 6.07) is 21.9. The zero-order chi connectivity index (χ0) is 25.9. The van der Waals surface area contributed by atoms with Crippen molar-refractivity contribution in [1.82, 2.24) is 14.8 Å². The van der Waals surface area contributed by atoms with Gasteiger partial charge >= 0.3 is 0 Å². The van der Waals surface area contributed by atoms with Crippen LogP contribution in [0.1, 0.15) is 18.5 Å². The first-order valence-corrected chi connectivity index (χ1v) is 11.7. The van der Waals surface area contributed by atoms with Crippen LogP contribution in [0, 0.1) is 0 Å². The van der Waals surface area contributed by atoms with Crippen LogP contribution < -0.4 is 24.8 Å². The summed E-state index contributed by atoms with van der Waals surface area (Å²) in [6.45, 7) is 1.86. The SMILES string of the molecule is COc1ccc(-c2nc3n(n2)C(c2ccc(OC)cc2)C(C(=O)Nc2ccccc2OC)=C(C)N3)cc1. The van der Waals surface area contributed by atoms with Gasteiger partial charge in [-0.05, 0) is 61.0 Å². The molecular formula is C28H27N5O4. The molecule has 0 fully saturated rings. The third kappa shape index (κ3) is 4.58. The van der Waals surface area contributed by atoms with Crippen molar-refractivity contribution in [1.29, 1.82) is 0 Å². The van der Waals surface area contributed by atoms with Crippen molar-refractivity contribution in [2.24, 2.45) is 0 Å². The molecular weight excluding hydrogens is 470 g/mol. The van der Waals surface area contributed by atoms with Gasteiger partial charge in [0.15, 0.2) is 5.82 Å². The van der Waals surface area contributed by atoms with E-state index in [1.54, 1.807) is 38.1 Å². The van der Waals surface area contributed by atoms with Crippen LogP contribution in [-0.4, -0.2) is 42.0 Å². The summed E-state index contributed by atoms with van der Waals surface area (Å²) < 4.78 is 17.8. The number of allylic oxidation sites excluding steroid dienone is 1. The first-order valence-electron chi connectivity index (χ1n) is 11.7. The zero-order valence-corrected chi connectivity index (χ0v) is 21.0. The van der Waals surface area contributed by atoms with E-state index in [4.69, 9.17) is 24.3 Å². The molecule has 0 saturated carbocycles. The number of anilines is 2. The number of carbonyl (C=O) groups excluding carboxylic acids is 1. The number of nitrogens with one attached hydrogen (secondary N) is 2. The first kappa shape index (κ1) is 23.9. The number of amides is 1. The summed E-state index contributed by atoms with van der Waals surface area (Å²) in [5, 5.41) is 11.1. The van der Waals surface area contributed by atoms with Crippen LogP contribution in [0.15, 0.2) is 84.1 Å². The largest absolute Gasteiger partial charge is 0.497 e. The van der Waals surface area contributed by atoms with Gasteiger partial charge in [-0.25, -0.2) is 4.68 Å². The van der Waals surface area contributed by atoms with E-state index in [9.17, 15) is 4.79 Å². The molecule has 1 atom stereocenters. The summed E-state index contributed by atoms with van der Waals surface area (Å²) in [4.78, 5) is 18.5.